The van der Waals surface area contributed by atoms with Crippen LogP contribution in [-0.2, 0) is 21.9 Å². The van der Waals surface area contributed by atoms with Gasteiger partial charge in [0, 0.05) is 29.1 Å². The summed E-state index contributed by atoms with van der Waals surface area (Å²) in [5.74, 6) is 0.505. The topological polar surface area (TPSA) is 95.9 Å². The number of aliphatic hydroxyl groups is 1. The molecule has 2 aromatic carbocycles. The number of nitrogens with one attached hydrogen (secondary N) is 1. The Labute approximate surface area is 255 Å². The highest BCUT2D eigenvalue weighted by molar-refractivity contribution is 7.90. The number of amides is 1. The Morgan fingerprint density at radius 1 is 1.07 bits per heavy atom. The summed E-state index contributed by atoms with van der Waals surface area (Å²) in [7, 11) is -3.89. The van der Waals surface area contributed by atoms with Crippen LogP contribution >= 0.6 is 11.6 Å². The van der Waals surface area contributed by atoms with E-state index >= 15 is 0 Å². The molecule has 1 saturated carbocycles. The van der Waals surface area contributed by atoms with Gasteiger partial charge in [0.2, 0.25) is 10.0 Å². The number of benzene rings is 2. The minimum atomic E-state index is -3.89. The highest BCUT2D eigenvalue weighted by Gasteiger charge is 2.44. The van der Waals surface area contributed by atoms with Gasteiger partial charge in [-0.25, -0.2) is 13.1 Å². The lowest BCUT2D eigenvalue weighted by Gasteiger charge is -2.45. The van der Waals surface area contributed by atoms with Crippen molar-refractivity contribution in [1.82, 2.24) is 4.72 Å². The average Bonchev–Trinajstić information content (AvgIpc) is 3.06. The molecule has 1 fully saturated rings. The number of nitrogens with zero attached hydrogens (tertiary/aromatic N) is 1. The van der Waals surface area contributed by atoms with E-state index in [1.807, 2.05) is 26.0 Å². The number of aliphatic hydroxyl groups excluding tert-OH is 1. The molecule has 2 aromatic rings. The molecule has 4 aliphatic rings. The fourth-order valence-corrected chi connectivity index (χ4v) is 9.81. The van der Waals surface area contributed by atoms with E-state index in [0.717, 1.165) is 55.8 Å². The largest absolute Gasteiger partial charge is 0.490 e. The lowest BCUT2D eigenvalue weighted by atomic mass is 9.68. The van der Waals surface area contributed by atoms with E-state index in [-0.39, 0.29) is 17.3 Å². The summed E-state index contributed by atoms with van der Waals surface area (Å²) in [5.41, 5.74) is 3.40. The summed E-state index contributed by atoms with van der Waals surface area (Å²) < 4.78 is 35.7. The molecule has 6 rings (SSSR count). The second kappa shape index (κ2) is 11.7. The first-order chi connectivity index (χ1) is 20.1. The normalized spacial score (nSPS) is 31.3. The number of ether oxygens (including phenoxy) is 1. The smallest absolute Gasteiger partial charge is 0.264 e. The first-order valence-corrected chi connectivity index (χ1v) is 17.5. The molecule has 1 spiro atoms. The molecule has 2 bridgehead atoms. The molecule has 5 atom stereocenters. The van der Waals surface area contributed by atoms with E-state index in [4.69, 9.17) is 16.3 Å². The van der Waals surface area contributed by atoms with Crippen LogP contribution in [-0.4, -0.2) is 50.5 Å². The third kappa shape index (κ3) is 5.67. The fourth-order valence-electron chi connectivity index (χ4n) is 7.89. The van der Waals surface area contributed by atoms with E-state index in [9.17, 15) is 18.3 Å². The van der Waals surface area contributed by atoms with Crippen molar-refractivity contribution in [3.05, 3.63) is 58.1 Å². The molecule has 1 amide bonds. The number of aryl methyl sites for hydroxylation is 1. The van der Waals surface area contributed by atoms with Crippen LogP contribution in [0, 0.1) is 17.8 Å². The van der Waals surface area contributed by atoms with E-state index < -0.39 is 27.3 Å². The van der Waals surface area contributed by atoms with Gasteiger partial charge in [0.15, 0.2) is 0 Å². The van der Waals surface area contributed by atoms with Crippen LogP contribution in [0.4, 0.5) is 5.69 Å². The molecule has 7 nitrogen and oxygen atoms in total. The molecule has 2 aliphatic carbocycles. The number of hydrogen-bond donors (Lipinski definition) is 2. The van der Waals surface area contributed by atoms with Gasteiger partial charge in [-0.15, -0.1) is 0 Å². The summed E-state index contributed by atoms with van der Waals surface area (Å²) in [6.45, 7) is 5.74. The van der Waals surface area contributed by atoms with E-state index in [0.29, 0.717) is 49.6 Å². The molecule has 2 aliphatic heterocycles. The molecule has 1 unspecified atom stereocenters. The van der Waals surface area contributed by atoms with Crippen LogP contribution in [0.25, 0.3) is 0 Å². The van der Waals surface area contributed by atoms with Crippen LogP contribution in [0.3, 0.4) is 0 Å². The number of anilines is 1. The summed E-state index contributed by atoms with van der Waals surface area (Å²) in [6.07, 6.45) is 7.24. The van der Waals surface area contributed by atoms with Crippen molar-refractivity contribution in [3.8, 4) is 5.75 Å². The minimum Gasteiger partial charge on any atom is -0.490 e. The lowest BCUT2D eigenvalue weighted by Crippen LogP contribution is -2.49. The maximum Gasteiger partial charge on any atom is 0.264 e. The molecule has 2 N–H and O–H groups in total. The zero-order valence-corrected chi connectivity index (χ0v) is 26.2. The lowest BCUT2D eigenvalue weighted by molar-refractivity contribution is 0.00901. The van der Waals surface area contributed by atoms with Gasteiger partial charge in [-0.1, -0.05) is 44.4 Å². The first-order valence-electron chi connectivity index (χ1n) is 15.6. The second-order valence-corrected chi connectivity index (χ2v) is 15.7. The monoisotopic (exact) mass is 614 g/mol. The van der Waals surface area contributed by atoms with E-state index in [1.54, 1.807) is 12.1 Å². The predicted molar refractivity (Wildman–Crippen MR) is 166 cm³/mol. The molecule has 42 heavy (non-hydrogen) atoms. The van der Waals surface area contributed by atoms with E-state index in [2.05, 4.69) is 21.8 Å². The molecular weight excluding hydrogens is 572 g/mol. The van der Waals surface area contributed by atoms with Gasteiger partial charge < -0.3 is 14.7 Å². The quantitative estimate of drug-likeness (QED) is 0.418. The fraction of sp³-hybridized carbons (Fsp3) is 0.606. The molecular formula is C33H43ClN2O5S. The van der Waals surface area contributed by atoms with Crippen LogP contribution in [0.5, 0.6) is 5.75 Å². The van der Waals surface area contributed by atoms with Crippen LogP contribution in [0.15, 0.2) is 36.4 Å². The van der Waals surface area contributed by atoms with Crippen LogP contribution in [0.2, 0.25) is 5.02 Å². The molecule has 2 heterocycles. The third-order valence-electron chi connectivity index (χ3n) is 10.3. The molecule has 0 saturated heterocycles. The average molecular weight is 615 g/mol. The molecule has 228 valence electrons. The predicted octanol–water partition coefficient (Wildman–Crippen LogP) is 5.86. The van der Waals surface area contributed by atoms with Gasteiger partial charge in [0.1, 0.15) is 5.75 Å². The highest BCUT2D eigenvalue weighted by Crippen LogP contribution is 2.47. The van der Waals surface area contributed by atoms with Crippen molar-refractivity contribution < 1.29 is 23.1 Å². The SMILES string of the molecule is CC(C)C1CCCC[C@H](O)[C@@H]2CC[C@H]2CN2C[C@@]3(CCCc4cc(Cl)ccc43)COc3ccc(cc32)C(=O)NS1(=O)=O. The van der Waals surface area contributed by atoms with Gasteiger partial charge in [0.25, 0.3) is 5.91 Å². The van der Waals surface area contributed by atoms with Crippen molar-refractivity contribution in [3.63, 3.8) is 0 Å². The Morgan fingerprint density at radius 3 is 2.64 bits per heavy atom. The molecule has 0 radical (unpaired) electrons. The summed E-state index contributed by atoms with van der Waals surface area (Å²) in [6, 6.07) is 11.5. The van der Waals surface area contributed by atoms with Gasteiger partial charge in [0.05, 0.1) is 23.6 Å². The number of carbonyl (C=O) groups is 1. The van der Waals surface area contributed by atoms with Crippen molar-refractivity contribution in [1.29, 1.82) is 0 Å². The van der Waals surface area contributed by atoms with Crippen molar-refractivity contribution >= 4 is 33.2 Å². The van der Waals surface area contributed by atoms with Gasteiger partial charge >= 0.3 is 0 Å². The Morgan fingerprint density at radius 2 is 1.88 bits per heavy atom. The second-order valence-electron chi connectivity index (χ2n) is 13.4. The van der Waals surface area contributed by atoms with Crippen LogP contribution in [0.1, 0.15) is 86.7 Å². The Kier molecular flexibility index (Phi) is 8.26. The van der Waals surface area contributed by atoms with Gasteiger partial charge in [-0.3, -0.25) is 4.79 Å². The number of halogens is 1. The number of carbonyl (C=O) groups excluding carboxylic acids is 1. The Balaban J connectivity index is 1.41. The van der Waals surface area contributed by atoms with Gasteiger partial charge in [-0.2, -0.15) is 0 Å². The Hall–Kier alpha value is -2.29. The number of fused-ring (bicyclic) bond motifs is 4. The van der Waals surface area contributed by atoms with Crippen molar-refractivity contribution in [2.75, 3.05) is 24.6 Å². The maximum absolute atomic E-state index is 13.4. The number of hydrogen-bond acceptors (Lipinski definition) is 6. The molecule has 0 aromatic heterocycles. The standard InChI is InChI=1S/C33H43ClN2O5S/c1-21(2)31-8-4-3-7-29(37)26-12-9-24(26)18-36-19-33(15-5-6-22-16-25(34)11-13-27(22)33)20-41-30-14-10-23(17-28(30)36)32(38)35-42(31,39)40/h10-11,13-14,16-17,21,24,26,29,31,37H,3-9,12,15,18-20H2,1-2H3,(H,35,38)/t24-,26+,29-,31?,33-/m0/s1. The summed E-state index contributed by atoms with van der Waals surface area (Å²) in [5, 5.41) is 11.3. The zero-order chi connectivity index (χ0) is 29.6. The summed E-state index contributed by atoms with van der Waals surface area (Å²) in [4.78, 5) is 15.8. The Bertz CT molecular complexity index is 1450. The minimum absolute atomic E-state index is 0.143. The third-order valence-corrected chi connectivity index (χ3v) is 12.6. The van der Waals surface area contributed by atoms with Crippen molar-refractivity contribution in [2.45, 2.75) is 88.4 Å². The highest BCUT2D eigenvalue weighted by atomic mass is 35.5. The first kappa shape index (κ1) is 29.8. The van der Waals surface area contributed by atoms with E-state index in [1.165, 1.54) is 11.1 Å². The maximum atomic E-state index is 13.4. The van der Waals surface area contributed by atoms with Gasteiger partial charge in [-0.05, 0) is 104 Å². The van der Waals surface area contributed by atoms with Crippen LogP contribution < -0.4 is 14.4 Å². The number of sulfonamides is 1. The number of rotatable bonds is 1. The zero-order valence-electron chi connectivity index (χ0n) is 24.6. The molecule has 9 heteroatoms. The van der Waals surface area contributed by atoms with Crippen molar-refractivity contribution in [2.24, 2.45) is 17.8 Å². The summed E-state index contributed by atoms with van der Waals surface area (Å²) >= 11 is 6.39.